The molecule has 0 aliphatic rings. The number of fused-ring (bicyclic) bond motifs is 1. The summed E-state index contributed by atoms with van der Waals surface area (Å²) in [5.74, 6) is 0.0453. The second kappa shape index (κ2) is 8.17. The molecule has 0 unspecified atom stereocenters. The number of hydrogen-bond acceptors (Lipinski definition) is 6. The molecule has 0 aliphatic carbocycles. The van der Waals surface area contributed by atoms with Crippen LogP contribution in [0, 0.1) is 0 Å². The number of nitrogens with zero attached hydrogens (tertiary/aromatic N) is 4. The number of methoxy groups -OCH3 is 1. The van der Waals surface area contributed by atoms with Crippen molar-refractivity contribution in [1.29, 1.82) is 0 Å². The molecule has 0 saturated heterocycles. The summed E-state index contributed by atoms with van der Waals surface area (Å²) >= 11 is 0. The van der Waals surface area contributed by atoms with Gasteiger partial charge in [0.2, 0.25) is 0 Å². The first-order valence-electron chi connectivity index (χ1n) is 9.08. The number of carbonyl (C=O) groups is 1. The van der Waals surface area contributed by atoms with Gasteiger partial charge in [-0.3, -0.25) is 9.36 Å². The lowest BCUT2D eigenvalue weighted by molar-refractivity contribution is -0.146. The molecule has 0 N–H and O–H groups in total. The Bertz CT molecular complexity index is 1190. The Balaban J connectivity index is 2.37. The van der Waals surface area contributed by atoms with E-state index in [1.165, 1.54) is 28.6 Å². The summed E-state index contributed by atoms with van der Waals surface area (Å²) in [6.45, 7) is 7.16. The van der Waals surface area contributed by atoms with Crippen molar-refractivity contribution in [1.82, 2.24) is 18.7 Å². The molecule has 1 atom stereocenters. The molecule has 9 heteroatoms. The van der Waals surface area contributed by atoms with Crippen molar-refractivity contribution in [3.8, 4) is 11.4 Å². The molecule has 1 aromatic carbocycles. The molecule has 0 spiro atoms. The zero-order valence-electron chi connectivity index (χ0n) is 16.5. The van der Waals surface area contributed by atoms with Crippen LogP contribution in [0.2, 0.25) is 0 Å². The van der Waals surface area contributed by atoms with Crippen LogP contribution in [0.4, 0.5) is 0 Å². The van der Waals surface area contributed by atoms with E-state index in [9.17, 15) is 14.4 Å². The molecule has 9 nitrogen and oxygen atoms in total. The highest BCUT2D eigenvalue weighted by molar-refractivity contribution is 5.79. The minimum atomic E-state index is -0.791. The molecule has 152 valence electrons. The van der Waals surface area contributed by atoms with Gasteiger partial charge in [-0.2, -0.15) is 0 Å². The van der Waals surface area contributed by atoms with Gasteiger partial charge in [-0.15, -0.1) is 6.58 Å². The highest BCUT2D eigenvalue weighted by Gasteiger charge is 2.24. The summed E-state index contributed by atoms with van der Waals surface area (Å²) in [5, 5.41) is 0. The maximum atomic E-state index is 13.1. The number of imidazole rings is 1. The number of benzene rings is 1. The van der Waals surface area contributed by atoms with Gasteiger partial charge in [0.1, 0.15) is 11.8 Å². The van der Waals surface area contributed by atoms with Crippen molar-refractivity contribution in [2.45, 2.75) is 26.4 Å². The molecular formula is C20H22N4O5. The third kappa shape index (κ3) is 3.46. The number of rotatable bonds is 7. The highest BCUT2D eigenvalue weighted by atomic mass is 16.5. The van der Waals surface area contributed by atoms with E-state index in [2.05, 4.69) is 11.6 Å². The predicted octanol–water partition coefficient (Wildman–Crippen LogP) is 1.67. The Morgan fingerprint density at radius 1 is 1.34 bits per heavy atom. The summed E-state index contributed by atoms with van der Waals surface area (Å²) in [5.41, 5.74) is -0.381. The van der Waals surface area contributed by atoms with E-state index in [4.69, 9.17) is 9.47 Å². The standard InChI is InChI=1S/C20H22N4O5/c1-5-10-22-18(25)16-17(21-12-23(16)13(3)19(26)29-6-2)24(20(22)27)14-8-7-9-15(11-14)28-4/h5,7-9,11-13H,1,6,10H2,2-4H3/t13-/m0/s1. The number of carbonyl (C=O) groups excluding carboxylic acids is 1. The lowest BCUT2D eigenvalue weighted by atomic mass is 10.3. The van der Waals surface area contributed by atoms with E-state index in [-0.39, 0.29) is 24.3 Å². The number of hydrogen-bond donors (Lipinski definition) is 0. The van der Waals surface area contributed by atoms with Gasteiger partial charge in [0.25, 0.3) is 5.56 Å². The van der Waals surface area contributed by atoms with E-state index in [1.54, 1.807) is 38.1 Å². The summed E-state index contributed by atoms with van der Waals surface area (Å²) in [6.07, 6.45) is 2.82. The Labute approximate surface area is 166 Å². The van der Waals surface area contributed by atoms with Crippen LogP contribution in [0.25, 0.3) is 16.9 Å². The molecule has 0 aliphatic heterocycles. The van der Waals surface area contributed by atoms with Crippen molar-refractivity contribution in [3.63, 3.8) is 0 Å². The van der Waals surface area contributed by atoms with Gasteiger partial charge in [-0.25, -0.2) is 19.1 Å². The second-order valence-corrected chi connectivity index (χ2v) is 6.28. The molecule has 2 aromatic heterocycles. The Morgan fingerprint density at radius 2 is 2.10 bits per heavy atom. The number of ether oxygens (including phenoxy) is 2. The lowest BCUT2D eigenvalue weighted by Crippen LogP contribution is -2.40. The van der Waals surface area contributed by atoms with Gasteiger partial charge in [0.05, 0.1) is 25.7 Å². The fourth-order valence-electron chi connectivity index (χ4n) is 3.09. The lowest BCUT2D eigenvalue weighted by Gasteiger charge is -2.15. The van der Waals surface area contributed by atoms with Crippen molar-refractivity contribution in [3.05, 3.63) is 64.1 Å². The largest absolute Gasteiger partial charge is 0.497 e. The van der Waals surface area contributed by atoms with Crippen LogP contribution in [-0.2, 0) is 16.1 Å². The molecule has 3 aromatic rings. The average molecular weight is 398 g/mol. The predicted molar refractivity (Wildman–Crippen MR) is 108 cm³/mol. The molecule has 3 rings (SSSR count). The Morgan fingerprint density at radius 3 is 2.76 bits per heavy atom. The summed E-state index contributed by atoms with van der Waals surface area (Å²) in [4.78, 5) is 42.7. The normalized spacial score (nSPS) is 12.0. The topological polar surface area (TPSA) is 97.4 Å². The average Bonchev–Trinajstić information content (AvgIpc) is 3.15. The van der Waals surface area contributed by atoms with Gasteiger partial charge < -0.3 is 14.0 Å². The van der Waals surface area contributed by atoms with E-state index in [0.717, 1.165) is 4.57 Å². The maximum absolute atomic E-state index is 13.1. The first-order valence-corrected chi connectivity index (χ1v) is 9.08. The van der Waals surface area contributed by atoms with Crippen molar-refractivity contribution in [2.24, 2.45) is 0 Å². The number of esters is 1. The fraction of sp³-hybridized carbons (Fsp3) is 0.300. The third-order valence-corrected chi connectivity index (χ3v) is 4.52. The highest BCUT2D eigenvalue weighted by Crippen LogP contribution is 2.20. The second-order valence-electron chi connectivity index (χ2n) is 6.28. The maximum Gasteiger partial charge on any atom is 0.337 e. The number of allylic oxidation sites excluding steroid dienone is 1. The van der Waals surface area contributed by atoms with E-state index in [1.807, 2.05) is 0 Å². The van der Waals surface area contributed by atoms with Crippen LogP contribution >= 0.6 is 0 Å². The van der Waals surface area contributed by atoms with Crippen LogP contribution in [0.5, 0.6) is 5.75 Å². The smallest absolute Gasteiger partial charge is 0.337 e. The van der Waals surface area contributed by atoms with Crippen molar-refractivity contribution < 1.29 is 14.3 Å². The SMILES string of the molecule is C=CCn1c(=O)c2c(ncn2[C@@H](C)C(=O)OCC)n(-c2cccc(OC)c2)c1=O. The fourth-order valence-corrected chi connectivity index (χ4v) is 3.09. The van der Waals surface area contributed by atoms with Crippen LogP contribution in [0.15, 0.2) is 52.8 Å². The van der Waals surface area contributed by atoms with Crippen LogP contribution < -0.4 is 16.0 Å². The Hall–Kier alpha value is -3.62. The van der Waals surface area contributed by atoms with Gasteiger partial charge in [0, 0.05) is 12.6 Å². The van der Waals surface area contributed by atoms with Crippen LogP contribution in [0.3, 0.4) is 0 Å². The molecular weight excluding hydrogens is 376 g/mol. The molecule has 29 heavy (non-hydrogen) atoms. The minimum Gasteiger partial charge on any atom is -0.497 e. The van der Waals surface area contributed by atoms with Crippen molar-refractivity contribution in [2.75, 3.05) is 13.7 Å². The molecule has 2 heterocycles. The molecule has 0 radical (unpaired) electrons. The van der Waals surface area contributed by atoms with Gasteiger partial charge >= 0.3 is 11.7 Å². The first-order chi connectivity index (χ1) is 13.9. The Kier molecular flexibility index (Phi) is 5.67. The van der Waals surface area contributed by atoms with Gasteiger partial charge in [-0.05, 0) is 26.0 Å². The summed E-state index contributed by atoms with van der Waals surface area (Å²) in [7, 11) is 1.52. The molecule has 0 bridgehead atoms. The van der Waals surface area contributed by atoms with Crippen molar-refractivity contribution >= 4 is 17.1 Å². The summed E-state index contributed by atoms with van der Waals surface area (Å²) in [6, 6.07) is 6.05. The monoisotopic (exact) mass is 398 g/mol. The van der Waals surface area contributed by atoms with Gasteiger partial charge in [0.15, 0.2) is 11.2 Å². The third-order valence-electron chi connectivity index (χ3n) is 4.52. The summed E-state index contributed by atoms with van der Waals surface area (Å²) < 4.78 is 14.1. The molecule has 0 fully saturated rings. The van der Waals surface area contributed by atoms with Gasteiger partial charge in [-0.1, -0.05) is 12.1 Å². The minimum absolute atomic E-state index is 0.0105. The van der Waals surface area contributed by atoms with E-state index in [0.29, 0.717) is 11.4 Å². The zero-order valence-corrected chi connectivity index (χ0v) is 16.5. The van der Waals surface area contributed by atoms with E-state index < -0.39 is 23.3 Å². The van der Waals surface area contributed by atoms with E-state index >= 15 is 0 Å². The quantitative estimate of drug-likeness (QED) is 0.444. The first kappa shape index (κ1) is 20.1. The van der Waals surface area contributed by atoms with Crippen LogP contribution in [0.1, 0.15) is 19.9 Å². The molecule has 0 saturated carbocycles. The zero-order chi connectivity index (χ0) is 21.1. The number of aromatic nitrogens is 4. The van der Waals surface area contributed by atoms with Crippen LogP contribution in [-0.4, -0.2) is 38.4 Å². The molecule has 0 amide bonds.